The van der Waals surface area contributed by atoms with E-state index in [1.807, 2.05) is 42.1 Å². The first kappa shape index (κ1) is 17.0. The topological polar surface area (TPSA) is 50.3 Å². The van der Waals surface area contributed by atoms with Crippen LogP contribution in [-0.4, -0.2) is 47.7 Å². The fraction of sp³-hybridized carbons (Fsp3) is 0.300. The van der Waals surface area contributed by atoms with Crippen LogP contribution in [0, 0.1) is 0 Å². The van der Waals surface area contributed by atoms with Crippen LogP contribution in [0.25, 0.3) is 10.8 Å². The Morgan fingerprint density at radius 2 is 1.88 bits per heavy atom. The molecule has 5 nitrogen and oxygen atoms in total. The van der Waals surface area contributed by atoms with E-state index in [-0.39, 0.29) is 0 Å². The normalized spacial score (nSPS) is 14.4. The molecule has 0 saturated carbocycles. The van der Waals surface area contributed by atoms with Gasteiger partial charge in [-0.05, 0) is 11.5 Å². The maximum absolute atomic E-state index is 5.97. The minimum atomic E-state index is 0.577. The van der Waals surface area contributed by atoms with Crippen molar-refractivity contribution in [2.24, 2.45) is 0 Å². The van der Waals surface area contributed by atoms with Gasteiger partial charge in [0.25, 0.3) is 0 Å². The zero-order valence-corrected chi connectivity index (χ0v) is 15.4. The average molecular weight is 366 g/mol. The summed E-state index contributed by atoms with van der Waals surface area (Å²) < 4.78 is 5.97. The summed E-state index contributed by atoms with van der Waals surface area (Å²) in [6.45, 7) is 3.36. The smallest absolute Gasteiger partial charge is 0.134 e. The van der Waals surface area contributed by atoms with Crippen LogP contribution in [0.2, 0.25) is 0 Å². The first-order valence-electron chi connectivity index (χ1n) is 8.89. The summed E-state index contributed by atoms with van der Waals surface area (Å²) in [6, 6.07) is 16.4. The van der Waals surface area contributed by atoms with Crippen molar-refractivity contribution in [1.82, 2.24) is 9.97 Å². The number of nitrogens with one attached hydrogen (secondary N) is 1. The Labute approximate surface area is 157 Å². The summed E-state index contributed by atoms with van der Waals surface area (Å²) in [5, 5.41) is 5.67. The maximum Gasteiger partial charge on any atom is 0.134 e. The van der Waals surface area contributed by atoms with E-state index in [2.05, 4.69) is 38.4 Å². The molecule has 3 aromatic rings. The van der Waals surface area contributed by atoms with Crippen LogP contribution >= 0.6 is 11.8 Å². The number of hydrogen-bond acceptors (Lipinski definition) is 6. The number of benzene rings is 2. The Hall–Kier alpha value is -2.47. The minimum Gasteiger partial charge on any atom is -0.491 e. The minimum absolute atomic E-state index is 0.577. The standard InChI is InChI=1S/C20H22N4OS/c1-2-6-17-16(4-1)5-3-7-18(17)25-11-8-21-19-14-20(23-15-22-19)24-9-12-26-13-10-24/h1-7,14-15H,8-13H2,(H,21,22,23). The summed E-state index contributed by atoms with van der Waals surface area (Å²) in [7, 11) is 0. The first-order chi connectivity index (χ1) is 12.9. The number of fused-ring (bicyclic) bond motifs is 1. The highest BCUT2D eigenvalue weighted by Crippen LogP contribution is 2.25. The SMILES string of the molecule is c1ccc2c(OCCNc3cc(N4CCSCC4)ncn3)cccc2c1. The fourth-order valence-corrected chi connectivity index (χ4v) is 3.97. The average Bonchev–Trinajstić information content (AvgIpc) is 2.72. The van der Waals surface area contributed by atoms with Crippen LogP contribution in [0.4, 0.5) is 11.6 Å². The van der Waals surface area contributed by atoms with Gasteiger partial charge in [-0.2, -0.15) is 11.8 Å². The largest absolute Gasteiger partial charge is 0.491 e. The molecule has 26 heavy (non-hydrogen) atoms. The van der Waals surface area contributed by atoms with Crippen molar-refractivity contribution in [3.05, 3.63) is 54.9 Å². The third kappa shape index (κ3) is 4.02. The zero-order chi connectivity index (χ0) is 17.6. The van der Waals surface area contributed by atoms with Gasteiger partial charge in [0.1, 0.15) is 30.3 Å². The molecule has 134 valence electrons. The second kappa shape index (κ2) is 8.27. The monoisotopic (exact) mass is 366 g/mol. The third-order valence-electron chi connectivity index (χ3n) is 4.40. The van der Waals surface area contributed by atoms with Crippen LogP contribution in [0.3, 0.4) is 0 Å². The highest BCUT2D eigenvalue weighted by atomic mass is 32.2. The van der Waals surface area contributed by atoms with E-state index in [4.69, 9.17) is 4.74 Å². The van der Waals surface area contributed by atoms with E-state index in [1.165, 1.54) is 5.39 Å². The Morgan fingerprint density at radius 3 is 2.81 bits per heavy atom. The van der Waals surface area contributed by atoms with Crippen molar-refractivity contribution in [2.45, 2.75) is 0 Å². The molecule has 0 atom stereocenters. The van der Waals surface area contributed by atoms with Crippen LogP contribution in [-0.2, 0) is 0 Å². The molecule has 1 aliphatic heterocycles. The van der Waals surface area contributed by atoms with Gasteiger partial charge in [0, 0.05) is 36.0 Å². The number of rotatable bonds is 6. The van der Waals surface area contributed by atoms with Crippen molar-refractivity contribution in [2.75, 3.05) is 48.0 Å². The van der Waals surface area contributed by atoms with E-state index in [0.717, 1.165) is 47.4 Å². The maximum atomic E-state index is 5.97. The van der Waals surface area contributed by atoms with E-state index in [1.54, 1.807) is 6.33 Å². The molecule has 4 rings (SSSR count). The lowest BCUT2D eigenvalue weighted by Crippen LogP contribution is -2.33. The number of anilines is 2. The van der Waals surface area contributed by atoms with Crippen molar-refractivity contribution in [1.29, 1.82) is 0 Å². The molecule has 0 unspecified atom stereocenters. The van der Waals surface area contributed by atoms with E-state index >= 15 is 0 Å². The Morgan fingerprint density at radius 1 is 1.04 bits per heavy atom. The molecule has 0 amide bonds. The van der Waals surface area contributed by atoms with Crippen molar-refractivity contribution < 1.29 is 4.74 Å². The summed E-state index contributed by atoms with van der Waals surface area (Å²) in [5.41, 5.74) is 0. The predicted molar refractivity (Wildman–Crippen MR) is 110 cm³/mol. The predicted octanol–water partition coefficient (Wildman–Crippen LogP) is 3.67. The van der Waals surface area contributed by atoms with Gasteiger partial charge in [-0.3, -0.25) is 0 Å². The Bertz CT molecular complexity index is 862. The van der Waals surface area contributed by atoms with E-state index in [0.29, 0.717) is 13.2 Å². The summed E-state index contributed by atoms with van der Waals surface area (Å²) in [4.78, 5) is 11.0. The zero-order valence-electron chi connectivity index (χ0n) is 14.6. The highest BCUT2D eigenvalue weighted by molar-refractivity contribution is 7.99. The lowest BCUT2D eigenvalue weighted by Gasteiger charge is -2.27. The molecule has 2 heterocycles. The molecular formula is C20H22N4OS. The Kier molecular flexibility index (Phi) is 5.40. The number of nitrogens with zero attached hydrogens (tertiary/aromatic N) is 3. The third-order valence-corrected chi connectivity index (χ3v) is 5.35. The molecular weight excluding hydrogens is 344 g/mol. The quantitative estimate of drug-likeness (QED) is 0.672. The van der Waals surface area contributed by atoms with Crippen LogP contribution in [0.5, 0.6) is 5.75 Å². The van der Waals surface area contributed by atoms with Crippen LogP contribution in [0.1, 0.15) is 0 Å². The second-order valence-corrected chi connectivity index (χ2v) is 7.34. The van der Waals surface area contributed by atoms with Gasteiger partial charge in [-0.1, -0.05) is 36.4 Å². The molecule has 0 bridgehead atoms. The summed E-state index contributed by atoms with van der Waals surface area (Å²) in [6.07, 6.45) is 1.63. The first-order valence-corrected chi connectivity index (χ1v) is 10.0. The highest BCUT2D eigenvalue weighted by Gasteiger charge is 2.12. The van der Waals surface area contributed by atoms with Gasteiger partial charge in [0.15, 0.2) is 0 Å². The molecule has 0 aliphatic carbocycles. The second-order valence-electron chi connectivity index (χ2n) is 6.11. The molecule has 2 aromatic carbocycles. The van der Waals surface area contributed by atoms with Crippen LogP contribution in [0.15, 0.2) is 54.9 Å². The molecule has 1 saturated heterocycles. The Balaban J connectivity index is 1.33. The molecule has 1 fully saturated rings. The molecule has 1 aliphatic rings. The number of aromatic nitrogens is 2. The van der Waals surface area contributed by atoms with Gasteiger partial charge in [-0.25, -0.2) is 9.97 Å². The molecule has 0 spiro atoms. The summed E-state index contributed by atoms with van der Waals surface area (Å²) >= 11 is 2.00. The van der Waals surface area contributed by atoms with Gasteiger partial charge in [0.2, 0.25) is 0 Å². The van der Waals surface area contributed by atoms with E-state index < -0.39 is 0 Å². The number of hydrogen-bond donors (Lipinski definition) is 1. The van der Waals surface area contributed by atoms with Gasteiger partial charge in [-0.15, -0.1) is 0 Å². The van der Waals surface area contributed by atoms with Crippen molar-refractivity contribution in [3.8, 4) is 5.75 Å². The van der Waals surface area contributed by atoms with E-state index in [9.17, 15) is 0 Å². The van der Waals surface area contributed by atoms with Crippen molar-refractivity contribution in [3.63, 3.8) is 0 Å². The molecule has 1 N–H and O–H groups in total. The van der Waals surface area contributed by atoms with Gasteiger partial charge < -0.3 is 15.0 Å². The van der Waals surface area contributed by atoms with Crippen molar-refractivity contribution >= 4 is 34.2 Å². The van der Waals surface area contributed by atoms with Gasteiger partial charge >= 0.3 is 0 Å². The lowest BCUT2D eigenvalue weighted by molar-refractivity contribution is 0.336. The number of ether oxygens (including phenoxy) is 1. The fourth-order valence-electron chi connectivity index (χ4n) is 3.07. The lowest BCUT2D eigenvalue weighted by atomic mass is 10.1. The molecule has 0 radical (unpaired) electrons. The summed E-state index contributed by atoms with van der Waals surface area (Å²) in [5.74, 6) is 5.07. The number of thioether (sulfide) groups is 1. The molecule has 6 heteroatoms. The molecule has 1 aromatic heterocycles. The van der Waals surface area contributed by atoms with Crippen LogP contribution < -0.4 is 15.0 Å². The van der Waals surface area contributed by atoms with Gasteiger partial charge in [0.05, 0.1) is 6.54 Å².